The summed E-state index contributed by atoms with van der Waals surface area (Å²) >= 11 is 0. The van der Waals surface area contributed by atoms with Crippen LogP contribution in [0.4, 0.5) is 34.1 Å². The first kappa shape index (κ1) is 29.5. The molecule has 0 atom stereocenters. The van der Waals surface area contributed by atoms with E-state index in [1.165, 1.54) is 37.9 Å². The Bertz CT molecular complexity index is 2540. The van der Waals surface area contributed by atoms with Gasteiger partial charge in [0, 0.05) is 33.7 Å². The molecule has 9 rings (SSSR count). The van der Waals surface area contributed by atoms with Crippen molar-refractivity contribution >= 4 is 66.4 Å². The van der Waals surface area contributed by atoms with Gasteiger partial charge in [0.05, 0.1) is 11.4 Å². The Kier molecular flexibility index (Phi) is 7.53. The van der Waals surface area contributed by atoms with Gasteiger partial charge in [0.2, 0.25) is 0 Å². The van der Waals surface area contributed by atoms with Gasteiger partial charge >= 0.3 is 0 Å². The van der Waals surface area contributed by atoms with E-state index in [0.717, 1.165) is 39.7 Å². The molecule has 0 radical (unpaired) electrons. The molecule has 0 aromatic heterocycles. The lowest BCUT2D eigenvalue weighted by Crippen LogP contribution is -2.12. The second kappa shape index (κ2) is 12.8. The van der Waals surface area contributed by atoms with Gasteiger partial charge in [0.1, 0.15) is 0 Å². The van der Waals surface area contributed by atoms with E-state index in [2.05, 4.69) is 216 Å². The van der Waals surface area contributed by atoms with Gasteiger partial charge in [-0.2, -0.15) is 0 Å². The predicted molar refractivity (Wildman–Crippen MR) is 214 cm³/mol. The molecule has 0 N–H and O–H groups in total. The molecular formula is C48H34N2. The molecule has 0 heterocycles. The first-order valence-corrected chi connectivity index (χ1v) is 17.1. The van der Waals surface area contributed by atoms with Crippen molar-refractivity contribution in [3.63, 3.8) is 0 Å². The number of anilines is 6. The van der Waals surface area contributed by atoms with E-state index in [-0.39, 0.29) is 0 Å². The fourth-order valence-corrected chi connectivity index (χ4v) is 7.24. The van der Waals surface area contributed by atoms with Gasteiger partial charge in [-0.3, -0.25) is 0 Å². The Morgan fingerprint density at radius 2 is 0.680 bits per heavy atom. The highest BCUT2D eigenvalue weighted by Crippen LogP contribution is 2.47. The van der Waals surface area contributed by atoms with Gasteiger partial charge in [-0.25, -0.2) is 0 Å². The van der Waals surface area contributed by atoms with Crippen molar-refractivity contribution in [2.45, 2.75) is 0 Å². The first-order chi connectivity index (χ1) is 24.8. The lowest BCUT2D eigenvalue weighted by molar-refractivity contribution is 1.28. The zero-order chi connectivity index (χ0) is 33.3. The predicted octanol–water partition coefficient (Wildman–Crippen LogP) is 13.8. The van der Waals surface area contributed by atoms with E-state index in [0.29, 0.717) is 0 Å². The van der Waals surface area contributed by atoms with E-state index in [1.54, 1.807) is 0 Å². The van der Waals surface area contributed by atoms with Crippen LogP contribution in [0.15, 0.2) is 206 Å². The molecule has 0 aliphatic rings. The van der Waals surface area contributed by atoms with E-state index in [9.17, 15) is 0 Å². The van der Waals surface area contributed by atoms with Gasteiger partial charge in [0.15, 0.2) is 0 Å². The number of hydrogen-bond acceptors (Lipinski definition) is 2. The SMILES string of the molecule is c1ccc(N(c2ccccc2)c2ccc(-c3cc4ccccc4cc3N(c3ccccc3)c3cc4ccccc4c4ccccc34)cc2)cc1. The van der Waals surface area contributed by atoms with Crippen molar-refractivity contribution in [3.05, 3.63) is 206 Å². The van der Waals surface area contributed by atoms with E-state index in [4.69, 9.17) is 0 Å². The smallest absolute Gasteiger partial charge is 0.0546 e. The third kappa shape index (κ3) is 5.34. The highest BCUT2D eigenvalue weighted by atomic mass is 15.2. The summed E-state index contributed by atoms with van der Waals surface area (Å²) in [4.78, 5) is 4.76. The molecular weight excluding hydrogens is 605 g/mol. The largest absolute Gasteiger partial charge is 0.311 e. The molecule has 50 heavy (non-hydrogen) atoms. The minimum atomic E-state index is 1.11. The zero-order valence-electron chi connectivity index (χ0n) is 27.5. The molecule has 2 heteroatoms. The Morgan fingerprint density at radius 3 is 1.28 bits per heavy atom. The summed E-state index contributed by atoms with van der Waals surface area (Å²) in [5, 5.41) is 7.35. The van der Waals surface area contributed by atoms with Crippen LogP contribution in [0.2, 0.25) is 0 Å². The van der Waals surface area contributed by atoms with Crippen molar-refractivity contribution < 1.29 is 0 Å². The summed E-state index contributed by atoms with van der Waals surface area (Å²) < 4.78 is 0. The first-order valence-electron chi connectivity index (χ1n) is 17.1. The van der Waals surface area contributed by atoms with Gasteiger partial charge in [-0.1, -0.05) is 140 Å². The number of nitrogens with zero attached hydrogens (tertiary/aromatic N) is 2. The second-order valence-corrected chi connectivity index (χ2v) is 12.6. The minimum absolute atomic E-state index is 1.11. The molecule has 2 nitrogen and oxygen atoms in total. The lowest BCUT2D eigenvalue weighted by Gasteiger charge is -2.30. The zero-order valence-corrected chi connectivity index (χ0v) is 27.5. The molecule has 0 aliphatic heterocycles. The van der Waals surface area contributed by atoms with Crippen LogP contribution in [0.1, 0.15) is 0 Å². The average Bonchev–Trinajstić information content (AvgIpc) is 3.19. The third-order valence-corrected chi connectivity index (χ3v) is 9.57. The molecule has 0 saturated carbocycles. The molecule has 0 fully saturated rings. The fraction of sp³-hybridized carbons (Fsp3) is 0. The average molecular weight is 639 g/mol. The number of rotatable bonds is 7. The number of fused-ring (bicyclic) bond motifs is 4. The van der Waals surface area contributed by atoms with E-state index >= 15 is 0 Å². The molecule has 9 aromatic rings. The fourth-order valence-electron chi connectivity index (χ4n) is 7.24. The van der Waals surface area contributed by atoms with Crippen LogP contribution in [0.25, 0.3) is 43.4 Å². The molecule has 0 amide bonds. The van der Waals surface area contributed by atoms with Crippen molar-refractivity contribution in [3.8, 4) is 11.1 Å². The summed E-state index contributed by atoms with van der Waals surface area (Å²) in [5.41, 5.74) is 9.06. The van der Waals surface area contributed by atoms with Gasteiger partial charge < -0.3 is 9.80 Å². The van der Waals surface area contributed by atoms with Crippen molar-refractivity contribution in [2.75, 3.05) is 9.80 Å². The molecule has 0 saturated heterocycles. The lowest BCUT2D eigenvalue weighted by atomic mass is 9.95. The highest BCUT2D eigenvalue weighted by Gasteiger charge is 2.22. The minimum Gasteiger partial charge on any atom is -0.311 e. The summed E-state index contributed by atoms with van der Waals surface area (Å²) in [6, 6.07) is 74.2. The summed E-state index contributed by atoms with van der Waals surface area (Å²) in [6.07, 6.45) is 0. The molecule has 0 bridgehead atoms. The van der Waals surface area contributed by atoms with Crippen molar-refractivity contribution in [1.82, 2.24) is 0 Å². The van der Waals surface area contributed by atoms with Gasteiger partial charge in [-0.05, 0) is 99.2 Å². The molecule has 236 valence electrons. The van der Waals surface area contributed by atoms with Crippen LogP contribution in [0, 0.1) is 0 Å². The topological polar surface area (TPSA) is 6.48 Å². The van der Waals surface area contributed by atoms with Crippen molar-refractivity contribution in [2.24, 2.45) is 0 Å². The number of hydrogen-bond donors (Lipinski definition) is 0. The third-order valence-electron chi connectivity index (χ3n) is 9.57. The van der Waals surface area contributed by atoms with E-state index in [1.807, 2.05) is 0 Å². The van der Waals surface area contributed by atoms with Gasteiger partial charge in [-0.15, -0.1) is 0 Å². The Labute approximate surface area is 292 Å². The normalized spacial score (nSPS) is 11.2. The second-order valence-electron chi connectivity index (χ2n) is 12.6. The summed E-state index contributed by atoms with van der Waals surface area (Å²) in [5.74, 6) is 0. The molecule has 9 aromatic carbocycles. The Hall–Kier alpha value is -6.64. The van der Waals surface area contributed by atoms with Crippen LogP contribution >= 0.6 is 0 Å². The van der Waals surface area contributed by atoms with Crippen molar-refractivity contribution in [1.29, 1.82) is 0 Å². The summed E-state index contributed by atoms with van der Waals surface area (Å²) in [6.45, 7) is 0. The number of benzene rings is 9. The maximum atomic E-state index is 2.45. The van der Waals surface area contributed by atoms with Crippen LogP contribution < -0.4 is 9.80 Å². The molecule has 0 unspecified atom stereocenters. The maximum absolute atomic E-state index is 2.45. The number of para-hydroxylation sites is 3. The Balaban J connectivity index is 1.27. The van der Waals surface area contributed by atoms with Crippen LogP contribution in [0.5, 0.6) is 0 Å². The highest BCUT2D eigenvalue weighted by molar-refractivity contribution is 6.15. The molecule has 0 spiro atoms. The van der Waals surface area contributed by atoms with Crippen LogP contribution in [-0.2, 0) is 0 Å². The summed E-state index contributed by atoms with van der Waals surface area (Å²) in [7, 11) is 0. The standard InChI is InChI=1S/C48H34N2/c1-4-19-39(20-5-1)49(40-21-6-2-7-22-40)42-30-28-35(29-31-42)46-32-36-16-10-11-17-37(36)33-48(46)50(41-23-8-3-9-24-41)47-34-38-18-12-13-25-43(38)44-26-14-15-27-45(44)47/h1-34H. The quantitative estimate of drug-likeness (QED) is 0.160. The van der Waals surface area contributed by atoms with Crippen LogP contribution in [-0.4, -0.2) is 0 Å². The monoisotopic (exact) mass is 638 g/mol. The van der Waals surface area contributed by atoms with E-state index < -0.39 is 0 Å². The maximum Gasteiger partial charge on any atom is 0.0546 e. The molecule has 0 aliphatic carbocycles. The Morgan fingerprint density at radius 1 is 0.260 bits per heavy atom. The van der Waals surface area contributed by atoms with Gasteiger partial charge in [0.25, 0.3) is 0 Å². The van der Waals surface area contributed by atoms with Crippen LogP contribution in [0.3, 0.4) is 0 Å².